The van der Waals surface area contributed by atoms with Gasteiger partial charge in [-0.1, -0.05) is 19.1 Å². The molecule has 2 rings (SSSR count). The fourth-order valence-corrected chi connectivity index (χ4v) is 3.16. The molecule has 1 saturated heterocycles. The van der Waals surface area contributed by atoms with Gasteiger partial charge in [0.15, 0.2) is 0 Å². The van der Waals surface area contributed by atoms with E-state index in [0.29, 0.717) is 0 Å². The maximum absolute atomic E-state index is 12.2. The van der Waals surface area contributed by atoms with Gasteiger partial charge in [-0.25, -0.2) is 0 Å². The highest BCUT2D eigenvalue weighted by molar-refractivity contribution is 7.99. The molecule has 0 atom stereocenters. The van der Waals surface area contributed by atoms with Gasteiger partial charge in [0.2, 0.25) is 0 Å². The van der Waals surface area contributed by atoms with Crippen molar-refractivity contribution >= 4 is 17.7 Å². The molecule has 1 heterocycles. The molecule has 0 saturated carbocycles. The summed E-state index contributed by atoms with van der Waals surface area (Å²) in [7, 11) is 0. The van der Waals surface area contributed by atoms with Crippen molar-refractivity contribution < 1.29 is 9.53 Å². The molecule has 0 aromatic heterocycles. The van der Waals surface area contributed by atoms with Crippen molar-refractivity contribution in [2.75, 3.05) is 45.1 Å². The van der Waals surface area contributed by atoms with Gasteiger partial charge in [0.05, 0.1) is 18.8 Å². The number of nitrogens with one attached hydrogen (secondary N) is 1. The highest BCUT2D eigenvalue weighted by Gasteiger charge is 2.12. The van der Waals surface area contributed by atoms with Crippen molar-refractivity contribution in [1.29, 1.82) is 0 Å². The Morgan fingerprint density at radius 1 is 1.33 bits per heavy atom. The average molecular weight is 308 g/mol. The quantitative estimate of drug-likeness (QED) is 0.620. The topological polar surface area (TPSA) is 41.6 Å². The lowest BCUT2D eigenvalue weighted by atomic mass is 10.2. The van der Waals surface area contributed by atoms with Crippen molar-refractivity contribution in [3.05, 3.63) is 29.8 Å². The molecule has 0 spiro atoms. The van der Waals surface area contributed by atoms with Gasteiger partial charge in [-0.05, 0) is 30.9 Å². The third-order valence-electron chi connectivity index (χ3n) is 3.47. The summed E-state index contributed by atoms with van der Waals surface area (Å²) in [5, 5.41) is 3.03. The molecule has 21 heavy (non-hydrogen) atoms. The van der Waals surface area contributed by atoms with Crippen LogP contribution in [0.25, 0.3) is 0 Å². The molecular weight excluding hydrogens is 284 g/mol. The van der Waals surface area contributed by atoms with Gasteiger partial charge in [0.25, 0.3) is 5.91 Å². The van der Waals surface area contributed by atoms with Crippen molar-refractivity contribution in [2.24, 2.45) is 0 Å². The van der Waals surface area contributed by atoms with E-state index in [-0.39, 0.29) is 5.91 Å². The van der Waals surface area contributed by atoms with Crippen LogP contribution in [-0.2, 0) is 4.74 Å². The largest absolute Gasteiger partial charge is 0.379 e. The highest BCUT2D eigenvalue weighted by Crippen LogP contribution is 2.21. The van der Waals surface area contributed by atoms with E-state index in [1.165, 1.54) is 0 Å². The summed E-state index contributed by atoms with van der Waals surface area (Å²) in [5.41, 5.74) is 0.788. The minimum Gasteiger partial charge on any atom is -0.379 e. The van der Waals surface area contributed by atoms with Crippen LogP contribution in [-0.4, -0.2) is 56.0 Å². The summed E-state index contributed by atoms with van der Waals surface area (Å²) in [6.07, 6.45) is 0.981. The fourth-order valence-electron chi connectivity index (χ4n) is 2.36. The summed E-state index contributed by atoms with van der Waals surface area (Å²) in [6.45, 7) is 7.51. The van der Waals surface area contributed by atoms with Crippen LogP contribution in [0.4, 0.5) is 0 Å². The first kappa shape index (κ1) is 16.3. The first-order valence-electron chi connectivity index (χ1n) is 7.61. The van der Waals surface area contributed by atoms with Crippen LogP contribution in [0.5, 0.6) is 0 Å². The average Bonchev–Trinajstić information content (AvgIpc) is 2.53. The summed E-state index contributed by atoms with van der Waals surface area (Å²) in [4.78, 5) is 15.7. The number of amides is 1. The zero-order valence-corrected chi connectivity index (χ0v) is 13.5. The van der Waals surface area contributed by atoms with E-state index in [9.17, 15) is 4.79 Å². The minimum atomic E-state index is 0.0357. The lowest BCUT2D eigenvalue weighted by molar-refractivity contribution is 0.0374. The molecule has 0 bridgehead atoms. The van der Waals surface area contributed by atoms with E-state index in [4.69, 9.17) is 4.74 Å². The maximum atomic E-state index is 12.2. The fraction of sp³-hybridized carbons (Fsp3) is 0.562. The van der Waals surface area contributed by atoms with Crippen LogP contribution in [0.2, 0.25) is 0 Å². The standard InChI is InChI=1S/C16H24N2O2S/c1-2-21-15-7-4-3-6-14(15)16(19)17-8-5-9-18-10-12-20-13-11-18/h3-4,6-7H,2,5,8-13H2,1H3,(H,17,19). The van der Waals surface area contributed by atoms with Crippen LogP contribution in [0, 0.1) is 0 Å². The second-order valence-corrected chi connectivity index (χ2v) is 6.30. The molecule has 1 aromatic rings. The van der Waals surface area contributed by atoms with Gasteiger partial charge in [-0.2, -0.15) is 0 Å². The number of carbonyl (C=O) groups excluding carboxylic acids is 1. The first-order valence-corrected chi connectivity index (χ1v) is 8.60. The van der Waals surface area contributed by atoms with Gasteiger partial charge in [0.1, 0.15) is 0 Å². The Balaban J connectivity index is 1.74. The smallest absolute Gasteiger partial charge is 0.252 e. The molecule has 1 aromatic carbocycles. The number of carbonyl (C=O) groups is 1. The van der Waals surface area contributed by atoms with Crippen molar-refractivity contribution in [3.63, 3.8) is 0 Å². The number of ether oxygens (including phenoxy) is 1. The van der Waals surface area contributed by atoms with Gasteiger partial charge >= 0.3 is 0 Å². The van der Waals surface area contributed by atoms with Crippen LogP contribution in [0.3, 0.4) is 0 Å². The lowest BCUT2D eigenvalue weighted by Crippen LogP contribution is -2.38. The number of morpholine rings is 1. The SMILES string of the molecule is CCSc1ccccc1C(=O)NCCCN1CCOCC1. The maximum Gasteiger partial charge on any atom is 0.252 e. The Hall–Kier alpha value is -1.04. The second kappa shape index (κ2) is 9.07. The molecule has 1 aliphatic heterocycles. The van der Waals surface area contributed by atoms with Gasteiger partial charge in [-0.15, -0.1) is 11.8 Å². The van der Waals surface area contributed by atoms with E-state index in [0.717, 1.165) is 62.0 Å². The summed E-state index contributed by atoms with van der Waals surface area (Å²) in [6, 6.07) is 7.81. The molecule has 5 heteroatoms. The molecule has 0 unspecified atom stereocenters. The summed E-state index contributed by atoms with van der Waals surface area (Å²) >= 11 is 1.71. The zero-order valence-electron chi connectivity index (χ0n) is 12.6. The summed E-state index contributed by atoms with van der Waals surface area (Å²) in [5.74, 6) is 1.01. The van der Waals surface area contributed by atoms with Gasteiger partial charge in [-0.3, -0.25) is 9.69 Å². The Kier molecular flexibility index (Phi) is 7.06. The predicted octanol–water partition coefficient (Wildman–Crippen LogP) is 2.25. The second-order valence-electron chi connectivity index (χ2n) is 4.99. The Morgan fingerprint density at radius 2 is 2.10 bits per heavy atom. The molecule has 116 valence electrons. The number of nitrogens with zero attached hydrogens (tertiary/aromatic N) is 1. The van der Waals surface area contributed by atoms with E-state index >= 15 is 0 Å². The van der Waals surface area contributed by atoms with E-state index in [1.54, 1.807) is 11.8 Å². The third-order valence-corrected chi connectivity index (χ3v) is 4.43. The highest BCUT2D eigenvalue weighted by atomic mass is 32.2. The zero-order chi connectivity index (χ0) is 14.9. The normalized spacial score (nSPS) is 15.9. The van der Waals surface area contributed by atoms with Crippen LogP contribution in [0.15, 0.2) is 29.2 Å². The number of hydrogen-bond acceptors (Lipinski definition) is 4. The molecule has 1 aliphatic rings. The molecule has 1 amide bonds. The molecular formula is C16H24N2O2S. The number of thioether (sulfide) groups is 1. The van der Waals surface area contributed by atoms with Crippen molar-refractivity contribution in [2.45, 2.75) is 18.2 Å². The Labute approximate surface area is 131 Å². The van der Waals surface area contributed by atoms with Crippen LogP contribution >= 0.6 is 11.8 Å². The van der Waals surface area contributed by atoms with Crippen molar-refractivity contribution in [3.8, 4) is 0 Å². The van der Waals surface area contributed by atoms with Gasteiger partial charge in [0, 0.05) is 24.5 Å². The van der Waals surface area contributed by atoms with Crippen LogP contribution in [0.1, 0.15) is 23.7 Å². The number of benzene rings is 1. The molecule has 1 N–H and O–H groups in total. The van der Waals surface area contributed by atoms with E-state index in [1.807, 2.05) is 24.3 Å². The minimum absolute atomic E-state index is 0.0357. The van der Waals surface area contributed by atoms with E-state index < -0.39 is 0 Å². The molecule has 4 nitrogen and oxygen atoms in total. The first-order chi connectivity index (χ1) is 10.3. The van der Waals surface area contributed by atoms with E-state index in [2.05, 4.69) is 17.1 Å². The van der Waals surface area contributed by atoms with Crippen LogP contribution < -0.4 is 5.32 Å². The molecule has 0 radical (unpaired) electrons. The van der Waals surface area contributed by atoms with Crippen molar-refractivity contribution in [1.82, 2.24) is 10.2 Å². The summed E-state index contributed by atoms with van der Waals surface area (Å²) < 4.78 is 5.32. The number of hydrogen-bond donors (Lipinski definition) is 1. The third kappa shape index (κ3) is 5.34. The lowest BCUT2D eigenvalue weighted by Gasteiger charge is -2.26. The predicted molar refractivity (Wildman–Crippen MR) is 87.0 cm³/mol. The monoisotopic (exact) mass is 308 g/mol. The Morgan fingerprint density at radius 3 is 2.86 bits per heavy atom. The Bertz CT molecular complexity index is 448. The molecule has 0 aliphatic carbocycles. The number of rotatable bonds is 7. The van der Waals surface area contributed by atoms with Gasteiger partial charge < -0.3 is 10.1 Å². The molecule has 1 fully saturated rings.